The molecule has 27 heavy (non-hydrogen) atoms. The lowest BCUT2D eigenvalue weighted by molar-refractivity contribution is -0.149. The Balaban J connectivity index is 1.82. The van der Waals surface area contributed by atoms with E-state index in [4.69, 9.17) is 4.74 Å². The summed E-state index contributed by atoms with van der Waals surface area (Å²) in [5.74, 6) is -0.675. The molecule has 2 saturated heterocycles. The van der Waals surface area contributed by atoms with Gasteiger partial charge in [-0.05, 0) is 32.4 Å². The number of esters is 1. The Hall–Kier alpha value is -1.48. The van der Waals surface area contributed by atoms with Gasteiger partial charge in [0.2, 0.25) is 0 Å². The molecular weight excluding hydrogens is 366 g/mol. The Kier molecular flexibility index (Phi) is 6.52. The number of carbonyl (C=O) groups is 1. The van der Waals surface area contributed by atoms with Gasteiger partial charge in [-0.2, -0.15) is 17.0 Å². The highest BCUT2D eigenvalue weighted by atomic mass is 32.2. The van der Waals surface area contributed by atoms with Crippen LogP contribution < -0.4 is 0 Å². The molecule has 2 heterocycles. The molecule has 0 N–H and O–H groups in total. The minimum atomic E-state index is -3.65. The average molecular weight is 396 g/mol. The third-order valence-electron chi connectivity index (χ3n) is 5.35. The fourth-order valence-electron chi connectivity index (χ4n) is 3.88. The van der Waals surface area contributed by atoms with Crippen molar-refractivity contribution in [3.63, 3.8) is 0 Å². The minimum absolute atomic E-state index is 0.203. The third-order valence-corrected chi connectivity index (χ3v) is 7.36. The molecule has 2 fully saturated rings. The second-order valence-electron chi connectivity index (χ2n) is 7.26. The summed E-state index contributed by atoms with van der Waals surface area (Å²) in [6.45, 7) is 4.52. The summed E-state index contributed by atoms with van der Waals surface area (Å²) < 4.78 is 35.1. The first-order valence-electron chi connectivity index (χ1n) is 9.60. The lowest BCUT2D eigenvalue weighted by atomic mass is 10.0. The number of piperidine rings is 1. The van der Waals surface area contributed by atoms with Crippen molar-refractivity contribution < 1.29 is 17.9 Å². The van der Waals surface area contributed by atoms with E-state index in [9.17, 15) is 13.2 Å². The average Bonchev–Trinajstić information content (AvgIpc) is 2.68. The maximum absolute atomic E-state index is 13.4. The smallest absolute Gasteiger partial charge is 0.310 e. The standard InChI is InChI=1S/C19H29N3O4S/c1-3-26-19(23)17-10-7-11-21(14-17)27(24,25)22-13-12-20(2)15-18(22)16-8-5-4-6-9-16/h4-6,8-9,17-18H,3,7,10-15H2,1-2H3/t17-,18-/m0/s1. The van der Waals surface area contributed by atoms with E-state index in [0.717, 1.165) is 5.56 Å². The second-order valence-corrected chi connectivity index (χ2v) is 9.14. The van der Waals surface area contributed by atoms with Crippen molar-refractivity contribution in [2.75, 3.05) is 46.4 Å². The monoisotopic (exact) mass is 395 g/mol. The zero-order chi connectivity index (χ0) is 19.4. The zero-order valence-corrected chi connectivity index (χ0v) is 16.9. The zero-order valence-electron chi connectivity index (χ0n) is 16.1. The van der Waals surface area contributed by atoms with Gasteiger partial charge in [-0.15, -0.1) is 0 Å². The SMILES string of the molecule is CCOC(=O)[C@H]1CCCN(S(=O)(=O)N2CCN(C)C[C@H]2c2ccccc2)C1. The second kappa shape index (κ2) is 8.68. The summed E-state index contributed by atoms with van der Waals surface area (Å²) in [5, 5.41) is 0. The number of rotatable bonds is 5. The fraction of sp³-hybridized carbons (Fsp3) is 0.632. The number of carbonyl (C=O) groups excluding carboxylic acids is 1. The number of hydrogen-bond donors (Lipinski definition) is 0. The molecule has 1 aromatic carbocycles. The van der Waals surface area contributed by atoms with Gasteiger partial charge in [0.25, 0.3) is 10.2 Å². The first-order valence-corrected chi connectivity index (χ1v) is 11.0. The third kappa shape index (κ3) is 4.51. The van der Waals surface area contributed by atoms with Gasteiger partial charge in [-0.25, -0.2) is 0 Å². The van der Waals surface area contributed by atoms with E-state index in [1.165, 1.54) is 4.31 Å². The van der Waals surface area contributed by atoms with Crippen LogP contribution in [0.3, 0.4) is 0 Å². The molecule has 1 aromatic rings. The largest absolute Gasteiger partial charge is 0.466 e. The van der Waals surface area contributed by atoms with E-state index in [-0.39, 0.29) is 24.5 Å². The van der Waals surface area contributed by atoms with Crippen LogP contribution in [-0.2, 0) is 19.7 Å². The van der Waals surface area contributed by atoms with Gasteiger partial charge < -0.3 is 9.64 Å². The molecule has 7 nitrogen and oxygen atoms in total. The van der Waals surface area contributed by atoms with Crippen molar-refractivity contribution in [2.45, 2.75) is 25.8 Å². The van der Waals surface area contributed by atoms with Crippen LogP contribution in [0.1, 0.15) is 31.4 Å². The van der Waals surface area contributed by atoms with Crippen LogP contribution in [0.25, 0.3) is 0 Å². The molecule has 0 spiro atoms. The normalized spacial score (nSPS) is 26.0. The lowest BCUT2D eigenvalue weighted by Crippen LogP contribution is -2.55. The highest BCUT2D eigenvalue weighted by Gasteiger charge is 2.41. The van der Waals surface area contributed by atoms with Crippen molar-refractivity contribution >= 4 is 16.2 Å². The summed E-state index contributed by atoms with van der Waals surface area (Å²) in [5.41, 5.74) is 0.992. The molecule has 0 aromatic heterocycles. The van der Waals surface area contributed by atoms with E-state index in [2.05, 4.69) is 4.90 Å². The predicted molar refractivity (Wildman–Crippen MR) is 103 cm³/mol. The fourth-order valence-corrected chi connectivity index (χ4v) is 5.73. The first kappa shape index (κ1) is 20.3. The Morgan fingerprint density at radius 3 is 2.59 bits per heavy atom. The maximum Gasteiger partial charge on any atom is 0.310 e. The highest BCUT2D eigenvalue weighted by Crippen LogP contribution is 2.31. The summed E-state index contributed by atoms with van der Waals surface area (Å²) >= 11 is 0. The summed E-state index contributed by atoms with van der Waals surface area (Å²) in [6, 6.07) is 9.54. The van der Waals surface area contributed by atoms with Gasteiger partial charge in [-0.3, -0.25) is 4.79 Å². The van der Waals surface area contributed by atoms with Gasteiger partial charge in [0.15, 0.2) is 0 Å². The Bertz CT molecular complexity index is 741. The van der Waals surface area contributed by atoms with Crippen molar-refractivity contribution in [3.05, 3.63) is 35.9 Å². The molecule has 3 rings (SSSR count). The number of piperazine rings is 1. The van der Waals surface area contributed by atoms with E-state index >= 15 is 0 Å². The van der Waals surface area contributed by atoms with Gasteiger partial charge in [0.05, 0.1) is 18.6 Å². The number of likely N-dealkylation sites (N-methyl/N-ethyl adjacent to an activating group) is 1. The summed E-state index contributed by atoms with van der Waals surface area (Å²) in [4.78, 5) is 14.3. The molecule has 8 heteroatoms. The molecule has 0 aliphatic carbocycles. The Morgan fingerprint density at radius 1 is 1.15 bits per heavy atom. The Morgan fingerprint density at radius 2 is 1.89 bits per heavy atom. The predicted octanol–water partition coefficient (Wildman–Crippen LogP) is 1.50. The van der Waals surface area contributed by atoms with Crippen LogP contribution in [0.15, 0.2) is 30.3 Å². The quantitative estimate of drug-likeness (QED) is 0.707. The van der Waals surface area contributed by atoms with Crippen LogP contribution in [-0.4, -0.2) is 74.3 Å². The molecular formula is C19H29N3O4S. The number of ether oxygens (including phenoxy) is 1. The van der Waals surface area contributed by atoms with E-state index in [1.807, 2.05) is 37.4 Å². The highest BCUT2D eigenvalue weighted by molar-refractivity contribution is 7.86. The molecule has 2 aliphatic rings. The molecule has 0 saturated carbocycles. The summed E-state index contributed by atoms with van der Waals surface area (Å²) in [7, 11) is -1.64. The van der Waals surface area contributed by atoms with Crippen LogP contribution in [0.5, 0.6) is 0 Å². The van der Waals surface area contributed by atoms with Crippen molar-refractivity contribution in [1.29, 1.82) is 0 Å². The molecule has 2 aliphatic heterocycles. The van der Waals surface area contributed by atoms with E-state index in [0.29, 0.717) is 45.6 Å². The lowest BCUT2D eigenvalue weighted by Gasteiger charge is -2.42. The maximum atomic E-state index is 13.4. The van der Waals surface area contributed by atoms with Crippen LogP contribution in [0, 0.1) is 5.92 Å². The number of nitrogens with zero attached hydrogens (tertiary/aromatic N) is 3. The molecule has 0 unspecified atom stereocenters. The molecule has 0 amide bonds. The van der Waals surface area contributed by atoms with Gasteiger partial charge in [0.1, 0.15) is 0 Å². The van der Waals surface area contributed by atoms with Gasteiger partial charge >= 0.3 is 5.97 Å². The van der Waals surface area contributed by atoms with Crippen LogP contribution >= 0.6 is 0 Å². The number of benzene rings is 1. The first-order chi connectivity index (χ1) is 12.9. The molecule has 0 radical (unpaired) electrons. The summed E-state index contributed by atoms with van der Waals surface area (Å²) in [6.07, 6.45) is 1.35. The Labute approximate surface area is 162 Å². The van der Waals surface area contributed by atoms with Gasteiger partial charge in [0, 0.05) is 32.7 Å². The van der Waals surface area contributed by atoms with Crippen LogP contribution in [0.2, 0.25) is 0 Å². The molecule has 150 valence electrons. The van der Waals surface area contributed by atoms with E-state index < -0.39 is 10.2 Å². The van der Waals surface area contributed by atoms with Crippen molar-refractivity contribution in [1.82, 2.24) is 13.5 Å². The van der Waals surface area contributed by atoms with Gasteiger partial charge in [-0.1, -0.05) is 30.3 Å². The van der Waals surface area contributed by atoms with Crippen molar-refractivity contribution in [2.24, 2.45) is 5.92 Å². The number of hydrogen-bond acceptors (Lipinski definition) is 5. The minimum Gasteiger partial charge on any atom is -0.466 e. The molecule has 2 atom stereocenters. The topological polar surface area (TPSA) is 70.2 Å². The molecule has 0 bridgehead atoms. The van der Waals surface area contributed by atoms with Crippen LogP contribution in [0.4, 0.5) is 0 Å². The van der Waals surface area contributed by atoms with E-state index in [1.54, 1.807) is 11.2 Å². The van der Waals surface area contributed by atoms with Crippen molar-refractivity contribution in [3.8, 4) is 0 Å².